The summed E-state index contributed by atoms with van der Waals surface area (Å²) < 4.78 is 2.80. The molecule has 0 spiro atoms. The van der Waals surface area contributed by atoms with Crippen molar-refractivity contribution in [3.05, 3.63) is 45.1 Å². The molecule has 1 aliphatic carbocycles. The Hall–Kier alpha value is -3.40. The molecule has 4 aromatic rings. The molecular formula is C23H24N6O3S. The number of hydrogen-bond donors (Lipinski definition) is 1. The van der Waals surface area contributed by atoms with Crippen molar-refractivity contribution in [3.63, 3.8) is 0 Å². The average molecular weight is 465 g/mol. The maximum Gasteiger partial charge on any atom is 0.286 e. The zero-order chi connectivity index (χ0) is 23.1. The molecule has 1 unspecified atom stereocenters. The predicted molar refractivity (Wildman–Crippen MR) is 126 cm³/mol. The molecule has 1 aliphatic rings. The molecule has 0 radical (unpaired) electrons. The van der Waals surface area contributed by atoms with Gasteiger partial charge in [-0.25, -0.2) is 4.68 Å². The number of carbonyl (C=O) groups excluding carboxylic acids is 1. The van der Waals surface area contributed by atoms with Gasteiger partial charge in [0.15, 0.2) is 10.5 Å². The van der Waals surface area contributed by atoms with E-state index in [0.29, 0.717) is 28.1 Å². The number of para-hydroxylation sites is 1. The van der Waals surface area contributed by atoms with Gasteiger partial charge in [0.05, 0.1) is 10.9 Å². The first-order chi connectivity index (χ1) is 16.0. The first kappa shape index (κ1) is 21.4. The van der Waals surface area contributed by atoms with Crippen molar-refractivity contribution in [1.82, 2.24) is 19.6 Å². The predicted octanol–water partition coefficient (Wildman–Crippen LogP) is 4.36. The number of rotatable bonds is 5. The van der Waals surface area contributed by atoms with Gasteiger partial charge in [-0.3, -0.25) is 9.59 Å². The zero-order valence-electron chi connectivity index (χ0n) is 18.5. The van der Waals surface area contributed by atoms with Crippen LogP contribution in [-0.2, 0) is 30.7 Å². The molecule has 1 aromatic carbocycles. The van der Waals surface area contributed by atoms with Crippen LogP contribution < -0.4 is 5.56 Å². The lowest BCUT2D eigenvalue weighted by Gasteiger charge is -2.17. The van der Waals surface area contributed by atoms with Gasteiger partial charge < -0.3 is 9.67 Å². The Bertz CT molecular complexity index is 1460. The van der Waals surface area contributed by atoms with Gasteiger partial charge in [-0.05, 0) is 43.2 Å². The summed E-state index contributed by atoms with van der Waals surface area (Å²) in [4.78, 5) is 27.4. The number of hydrogen-bond acceptors (Lipinski definition) is 7. The quantitative estimate of drug-likeness (QED) is 0.441. The van der Waals surface area contributed by atoms with Gasteiger partial charge in [-0.15, -0.1) is 26.7 Å². The molecule has 10 heteroatoms. The minimum absolute atomic E-state index is 0.0351. The summed E-state index contributed by atoms with van der Waals surface area (Å²) in [5, 5.41) is 27.9. The van der Waals surface area contributed by atoms with Crippen molar-refractivity contribution in [2.24, 2.45) is 16.1 Å². The second-order valence-electron chi connectivity index (χ2n) is 8.52. The maximum atomic E-state index is 13.1. The van der Waals surface area contributed by atoms with Gasteiger partial charge in [0.2, 0.25) is 5.88 Å². The van der Waals surface area contributed by atoms with E-state index < -0.39 is 5.91 Å². The van der Waals surface area contributed by atoms with Crippen LogP contribution in [0.2, 0.25) is 0 Å². The van der Waals surface area contributed by atoms with Gasteiger partial charge >= 0.3 is 0 Å². The van der Waals surface area contributed by atoms with Crippen LogP contribution in [0.3, 0.4) is 0 Å². The van der Waals surface area contributed by atoms with E-state index in [1.165, 1.54) is 16.2 Å². The van der Waals surface area contributed by atoms with Crippen LogP contribution in [0.4, 0.5) is 5.69 Å². The van der Waals surface area contributed by atoms with E-state index in [1.54, 1.807) is 4.57 Å². The summed E-state index contributed by atoms with van der Waals surface area (Å²) in [6, 6.07) is 7.43. The minimum Gasteiger partial charge on any atom is -0.493 e. The molecule has 0 aliphatic heterocycles. The van der Waals surface area contributed by atoms with Crippen LogP contribution in [0.1, 0.15) is 37.1 Å². The van der Waals surface area contributed by atoms with Gasteiger partial charge in [0.25, 0.3) is 11.5 Å². The van der Waals surface area contributed by atoms with Crippen molar-refractivity contribution in [2.75, 3.05) is 0 Å². The number of aromatic nitrogens is 4. The number of carbonyl (C=O) groups is 1. The lowest BCUT2D eigenvalue weighted by atomic mass is 9.89. The van der Waals surface area contributed by atoms with E-state index in [9.17, 15) is 14.7 Å². The van der Waals surface area contributed by atoms with E-state index >= 15 is 0 Å². The molecular weight excluding hydrogens is 440 g/mol. The molecule has 3 aromatic heterocycles. The molecule has 1 N–H and O–H groups in total. The maximum absolute atomic E-state index is 13.1. The molecule has 5 rings (SSSR count). The first-order valence-corrected chi connectivity index (χ1v) is 11.9. The molecule has 9 nitrogen and oxygen atoms in total. The topological polar surface area (TPSA) is 115 Å². The van der Waals surface area contributed by atoms with E-state index in [0.717, 1.165) is 41.4 Å². The molecule has 170 valence electrons. The summed E-state index contributed by atoms with van der Waals surface area (Å²) in [5.74, 6) is -0.0928. The molecule has 3 heterocycles. The highest BCUT2D eigenvalue weighted by atomic mass is 32.1. The Morgan fingerprint density at radius 2 is 2.15 bits per heavy atom. The normalized spacial score (nSPS) is 16.1. The van der Waals surface area contributed by atoms with Crippen LogP contribution >= 0.6 is 11.3 Å². The third-order valence-corrected chi connectivity index (χ3v) is 7.23. The van der Waals surface area contributed by atoms with Gasteiger partial charge in [-0.2, -0.15) is 0 Å². The lowest BCUT2D eigenvalue weighted by molar-refractivity contribution is -0.119. The number of benzene rings is 1. The summed E-state index contributed by atoms with van der Waals surface area (Å²) in [7, 11) is 0. The number of fused-ring (bicyclic) bond motifs is 4. The zero-order valence-corrected chi connectivity index (χ0v) is 19.3. The van der Waals surface area contributed by atoms with Crippen molar-refractivity contribution in [3.8, 4) is 5.88 Å². The van der Waals surface area contributed by atoms with Crippen LogP contribution in [0.25, 0.3) is 21.1 Å². The Balaban J connectivity index is 1.44. The number of azo groups is 1. The fourth-order valence-electron chi connectivity index (χ4n) is 4.48. The van der Waals surface area contributed by atoms with Gasteiger partial charge in [0, 0.05) is 16.8 Å². The SMILES string of the molecule is CCCn1c(O)c(N=NC(=O)Cn2nnc3sc4c(c3c2=O)CCC(C)C4)c2ccccc21. The number of thiophene rings is 1. The van der Waals surface area contributed by atoms with E-state index in [1.807, 2.05) is 31.2 Å². The van der Waals surface area contributed by atoms with Crippen molar-refractivity contribution < 1.29 is 9.90 Å². The smallest absolute Gasteiger partial charge is 0.286 e. The second-order valence-corrected chi connectivity index (χ2v) is 9.60. The largest absolute Gasteiger partial charge is 0.493 e. The van der Waals surface area contributed by atoms with E-state index in [4.69, 9.17) is 0 Å². The molecule has 0 saturated carbocycles. The van der Waals surface area contributed by atoms with Crippen molar-refractivity contribution in [2.45, 2.75) is 52.6 Å². The van der Waals surface area contributed by atoms with E-state index in [2.05, 4.69) is 27.5 Å². The third kappa shape index (κ3) is 3.74. The second kappa shape index (κ2) is 8.51. The summed E-state index contributed by atoms with van der Waals surface area (Å²) in [5.41, 5.74) is 1.78. The Morgan fingerprint density at radius 1 is 1.33 bits per heavy atom. The highest BCUT2D eigenvalue weighted by Crippen LogP contribution is 2.39. The molecule has 1 atom stereocenters. The first-order valence-electron chi connectivity index (χ1n) is 11.1. The minimum atomic E-state index is -0.643. The average Bonchev–Trinajstić information content (AvgIpc) is 3.30. The lowest BCUT2D eigenvalue weighted by Crippen LogP contribution is -2.27. The summed E-state index contributed by atoms with van der Waals surface area (Å²) in [6.07, 6.45) is 3.64. The molecule has 0 bridgehead atoms. The van der Waals surface area contributed by atoms with E-state index in [-0.39, 0.29) is 23.7 Å². The highest BCUT2D eigenvalue weighted by molar-refractivity contribution is 7.18. The highest BCUT2D eigenvalue weighted by Gasteiger charge is 2.24. The molecule has 33 heavy (non-hydrogen) atoms. The third-order valence-electron chi connectivity index (χ3n) is 6.10. The van der Waals surface area contributed by atoms with Gasteiger partial charge in [0.1, 0.15) is 6.54 Å². The number of aromatic hydroxyl groups is 1. The Labute approximate surface area is 193 Å². The van der Waals surface area contributed by atoms with Crippen LogP contribution in [0, 0.1) is 5.92 Å². The van der Waals surface area contributed by atoms with Crippen molar-refractivity contribution >= 4 is 44.1 Å². The number of amides is 1. The Kier molecular flexibility index (Phi) is 5.53. The molecule has 0 fully saturated rings. The monoisotopic (exact) mass is 464 g/mol. The van der Waals surface area contributed by atoms with Gasteiger partial charge in [-0.1, -0.05) is 37.3 Å². The molecule has 0 saturated heterocycles. The fraction of sp³-hybridized carbons (Fsp3) is 0.391. The van der Waals surface area contributed by atoms with Crippen molar-refractivity contribution in [1.29, 1.82) is 0 Å². The summed E-state index contributed by atoms with van der Waals surface area (Å²) >= 11 is 1.52. The van der Waals surface area contributed by atoms with Crippen LogP contribution in [0.15, 0.2) is 39.3 Å². The summed E-state index contributed by atoms with van der Waals surface area (Å²) in [6.45, 7) is 4.48. The number of aryl methyl sites for hydroxylation is 2. The molecule has 1 amide bonds. The van der Waals surface area contributed by atoms with Crippen LogP contribution in [0.5, 0.6) is 5.88 Å². The fourth-order valence-corrected chi connectivity index (χ4v) is 5.80. The Morgan fingerprint density at radius 3 is 2.97 bits per heavy atom. The van der Waals surface area contributed by atoms with Crippen LogP contribution in [-0.4, -0.2) is 30.6 Å². The number of nitrogens with zero attached hydrogens (tertiary/aromatic N) is 6. The standard InChI is InChI=1S/C23H24N6O3S/c1-3-10-28-16-7-5-4-6-14(16)20(23(28)32)25-24-18(30)12-29-22(31)19-15-9-8-13(2)11-17(15)33-21(19)26-27-29/h4-7,13,32H,3,8-12H2,1-2H3.